The number of hydrogen-bond donors (Lipinski definition) is 0. The van der Waals surface area contributed by atoms with E-state index in [2.05, 4.69) is 16.8 Å². The van der Waals surface area contributed by atoms with Gasteiger partial charge in [0.1, 0.15) is 17.9 Å². The van der Waals surface area contributed by atoms with E-state index < -0.39 is 5.60 Å². The van der Waals surface area contributed by atoms with Crippen molar-refractivity contribution in [3.05, 3.63) is 66.0 Å². The Morgan fingerprint density at radius 2 is 2.04 bits per heavy atom. The standard InChI is InChI=1S/C21H26N4O3/c1-5-11-25-19-14-24(20(26)28-21(2,3)4)13-18(17(19)12-22-25)23-27-15-16-9-7-6-8-10-16/h5-10,12H,1,11,13-15H2,2-4H3/b23-18-. The molecule has 1 aromatic heterocycles. The molecule has 0 bridgehead atoms. The molecule has 7 heteroatoms. The van der Waals surface area contributed by atoms with Gasteiger partial charge in [-0.15, -0.1) is 6.58 Å². The van der Waals surface area contributed by atoms with Crippen LogP contribution in [0.15, 0.2) is 54.3 Å². The molecule has 3 rings (SSSR count). The van der Waals surface area contributed by atoms with Gasteiger partial charge in [0, 0.05) is 5.56 Å². The highest BCUT2D eigenvalue weighted by Crippen LogP contribution is 2.22. The molecule has 0 aliphatic carbocycles. The average Bonchev–Trinajstić information content (AvgIpc) is 3.05. The Hall–Kier alpha value is -3.09. The summed E-state index contributed by atoms with van der Waals surface area (Å²) >= 11 is 0. The zero-order valence-electron chi connectivity index (χ0n) is 16.6. The summed E-state index contributed by atoms with van der Waals surface area (Å²) in [6.07, 6.45) is 3.14. The molecule has 0 radical (unpaired) electrons. The predicted molar refractivity (Wildman–Crippen MR) is 107 cm³/mol. The Balaban J connectivity index is 1.82. The molecule has 1 aliphatic rings. The molecule has 0 atom stereocenters. The Morgan fingerprint density at radius 3 is 2.71 bits per heavy atom. The van der Waals surface area contributed by atoms with Gasteiger partial charge in [-0.05, 0) is 26.3 Å². The monoisotopic (exact) mass is 382 g/mol. The van der Waals surface area contributed by atoms with Crippen molar-refractivity contribution in [2.45, 2.75) is 46.1 Å². The van der Waals surface area contributed by atoms with Crippen LogP contribution in [0.2, 0.25) is 0 Å². The van der Waals surface area contributed by atoms with Gasteiger partial charge in [0.2, 0.25) is 0 Å². The highest BCUT2D eigenvalue weighted by molar-refractivity contribution is 6.04. The molecular formula is C21H26N4O3. The van der Waals surface area contributed by atoms with Crippen LogP contribution in [0.1, 0.15) is 37.6 Å². The lowest BCUT2D eigenvalue weighted by Crippen LogP contribution is -2.43. The number of rotatable bonds is 5. The molecule has 2 aromatic rings. The van der Waals surface area contributed by atoms with Crippen molar-refractivity contribution in [3.8, 4) is 0 Å². The SMILES string of the molecule is C=CCn1ncc2c1CN(C(=O)OC(C)(C)C)C/C2=N/OCc1ccccc1. The van der Waals surface area contributed by atoms with E-state index in [-0.39, 0.29) is 6.09 Å². The first-order valence-electron chi connectivity index (χ1n) is 9.24. The number of hydrogen-bond acceptors (Lipinski definition) is 5. The first-order chi connectivity index (χ1) is 13.4. The Bertz CT molecular complexity index is 866. The zero-order chi connectivity index (χ0) is 20.1. The van der Waals surface area contributed by atoms with Crippen LogP contribution in [0.5, 0.6) is 0 Å². The lowest BCUT2D eigenvalue weighted by Gasteiger charge is -2.30. The van der Waals surface area contributed by atoms with Crippen LogP contribution in [-0.4, -0.2) is 38.6 Å². The highest BCUT2D eigenvalue weighted by atomic mass is 16.6. The number of oxime groups is 1. The van der Waals surface area contributed by atoms with Crippen molar-refractivity contribution in [1.29, 1.82) is 0 Å². The van der Waals surface area contributed by atoms with Gasteiger partial charge in [0.05, 0.1) is 31.5 Å². The maximum atomic E-state index is 12.6. The molecule has 0 saturated heterocycles. The number of carbonyl (C=O) groups is 1. The van der Waals surface area contributed by atoms with E-state index in [0.717, 1.165) is 16.8 Å². The zero-order valence-corrected chi connectivity index (χ0v) is 16.6. The molecule has 7 nitrogen and oxygen atoms in total. The maximum absolute atomic E-state index is 12.6. The number of benzene rings is 1. The minimum Gasteiger partial charge on any atom is -0.444 e. The molecule has 0 unspecified atom stereocenters. The number of aromatic nitrogens is 2. The summed E-state index contributed by atoms with van der Waals surface area (Å²) in [4.78, 5) is 19.8. The third kappa shape index (κ3) is 4.79. The van der Waals surface area contributed by atoms with Crippen LogP contribution < -0.4 is 0 Å². The number of allylic oxidation sites excluding steroid dienone is 1. The van der Waals surface area contributed by atoms with Gasteiger partial charge in [-0.25, -0.2) is 4.79 Å². The summed E-state index contributed by atoms with van der Waals surface area (Å²) < 4.78 is 7.34. The van der Waals surface area contributed by atoms with Gasteiger partial charge in [0.25, 0.3) is 0 Å². The molecule has 28 heavy (non-hydrogen) atoms. The van der Waals surface area contributed by atoms with Gasteiger partial charge in [0.15, 0.2) is 0 Å². The van der Waals surface area contributed by atoms with Gasteiger partial charge in [-0.2, -0.15) is 5.10 Å². The fraction of sp³-hybridized carbons (Fsp3) is 0.381. The van der Waals surface area contributed by atoms with Crippen molar-refractivity contribution < 1.29 is 14.4 Å². The van der Waals surface area contributed by atoms with E-state index in [1.807, 2.05) is 55.8 Å². The van der Waals surface area contributed by atoms with Crippen molar-refractivity contribution in [2.75, 3.05) is 6.54 Å². The molecule has 1 amide bonds. The third-order valence-electron chi connectivity index (χ3n) is 4.14. The van der Waals surface area contributed by atoms with Gasteiger partial charge in [-0.3, -0.25) is 9.58 Å². The Morgan fingerprint density at radius 1 is 1.29 bits per heavy atom. The van der Waals surface area contributed by atoms with Crippen molar-refractivity contribution in [2.24, 2.45) is 5.16 Å². The number of ether oxygens (including phenoxy) is 1. The summed E-state index contributed by atoms with van der Waals surface area (Å²) in [5.74, 6) is 0. The molecular weight excluding hydrogens is 356 g/mol. The smallest absolute Gasteiger partial charge is 0.410 e. The Labute approximate surface area is 165 Å². The minimum atomic E-state index is -0.570. The van der Waals surface area contributed by atoms with Crippen molar-refractivity contribution in [1.82, 2.24) is 14.7 Å². The number of fused-ring (bicyclic) bond motifs is 1. The second-order valence-corrected chi connectivity index (χ2v) is 7.61. The second-order valence-electron chi connectivity index (χ2n) is 7.61. The molecule has 0 fully saturated rings. The quantitative estimate of drug-likeness (QED) is 0.583. The summed E-state index contributed by atoms with van der Waals surface area (Å²) in [6, 6.07) is 9.81. The van der Waals surface area contributed by atoms with Crippen LogP contribution in [0.25, 0.3) is 0 Å². The number of carbonyl (C=O) groups excluding carboxylic acids is 1. The molecule has 1 aliphatic heterocycles. The molecule has 0 spiro atoms. The summed E-state index contributed by atoms with van der Waals surface area (Å²) in [5.41, 5.74) is 2.88. The molecule has 2 heterocycles. The van der Waals surface area contributed by atoms with E-state index in [4.69, 9.17) is 9.57 Å². The summed E-state index contributed by atoms with van der Waals surface area (Å²) in [7, 11) is 0. The summed E-state index contributed by atoms with van der Waals surface area (Å²) in [6.45, 7) is 10.9. The summed E-state index contributed by atoms with van der Waals surface area (Å²) in [5, 5.41) is 8.71. The van der Waals surface area contributed by atoms with Crippen LogP contribution in [0.4, 0.5) is 4.79 Å². The number of nitrogens with zero attached hydrogens (tertiary/aromatic N) is 4. The van der Waals surface area contributed by atoms with Crippen LogP contribution in [0.3, 0.4) is 0 Å². The van der Waals surface area contributed by atoms with E-state index in [9.17, 15) is 4.79 Å². The second kappa shape index (κ2) is 8.29. The average molecular weight is 382 g/mol. The molecule has 0 N–H and O–H groups in total. The maximum Gasteiger partial charge on any atom is 0.410 e. The van der Waals surface area contributed by atoms with E-state index in [0.29, 0.717) is 32.0 Å². The van der Waals surface area contributed by atoms with Gasteiger partial charge >= 0.3 is 6.09 Å². The van der Waals surface area contributed by atoms with E-state index in [1.54, 1.807) is 17.2 Å². The Kier molecular flexibility index (Phi) is 5.82. The lowest BCUT2D eigenvalue weighted by atomic mass is 10.1. The highest BCUT2D eigenvalue weighted by Gasteiger charge is 2.31. The number of amides is 1. The fourth-order valence-corrected chi connectivity index (χ4v) is 2.89. The third-order valence-corrected chi connectivity index (χ3v) is 4.14. The van der Waals surface area contributed by atoms with Crippen LogP contribution in [-0.2, 0) is 29.3 Å². The van der Waals surface area contributed by atoms with Gasteiger partial charge in [-0.1, -0.05) is 41.6 Å². The molecule has 0 saturated carbocycles. The van der Waals surface area contributed by atoms with Crippen molar-refractivity contribution >= 4 is 11.8 Å². The molecule has 1 aromatic carbocycles. The first-order valence-corrected chi connectivity index (χ1v) is 9.24. The lowest BCUT2D eigenvalue weighted by molar-refractivity contribution is 0.0252. The fourth-order valence-electron chi connectivity index (χ4n) is 2.89. The van der Waals surface area contributed by atoms with E-state index in [1.165, 1.54) is 0 Å². The van der Waals surface area contributed by atoms with Crippen LogP contribution >= 0.6 is 0 Å². The minimum absolute atomic E-state index is 0.302. The van der Waals surface area contributed by atoms with Crippen molar-refractivity contribution in [3.63, 3.8) is 0 Å². The first kappa shape index (κ1) is 19.7. The largest absolute Gasteiger partial charge is 0.444 e. The van der Waals surface area contributed by atoms with Gasteiger partial charge < -0.3 is 9.57 Å². The van der Waals surface area contributed by atoms with Crippen LogP contribution in [0, 0.1) is 0 Å². The normalized spacial score (nSPS) is 15.2. The predicted octanol–water partition coefficient (Wildman–Crippen LogP) is 3.74. The topological polar surface area (TPSA) is 69.0 Å². The van der Waals surface area contributed by atoms with E-state index >= 15 is 0 Å². The molecule has 148 valence electrons.